The van der Waals surface area contributed by atoms with Crippen LogP contribution in [0.25, 0.3) is 0 Å². The monoisotopic (exact) mass is 270 g/mol. The minimum atomic E-state index is -1.36. The molecule has 0 aliphatic heterocycles. The summed E-state index contributed by atoms with van der Waals surface area (Å²) in [6, 6.07) is 1.86. The van der Waals surface area contributed by atoms with Crippen molar-refractivity contribution in [1.29, 1.82) is 0 Å². The van der Waals surface area contributed by atoms with E-state index < -0.39 is 17.3 Å². The zero-order valence-electron chi connectivity index (χ0n) is 11.0. The lowest BCUT2D eigenvalue weighted by Gasteiger charge is -2.21. The van der Waals surface area contributed by atoms with Crippen molar-refractivity contribution in [2.24, 2.45) is 5.92 Å². The van der Waals surface area contributed by atoms with Gasteiger partial charge >= 0.3 is 5.97 Å². The number of rotatable bonds is 6. The fourth-order valence-corrected chi connectivity index (χ4v) is 1.85. The SMILES string of the molecule is CC(C)CC(CO)Nc1cc(F)c(C(=O)O)cc1N. The van der Waals surface area contributed by atoms with E-state index in [-0.39, 0.29) is 18.3 Å². The van der Waals surface area contributed by atoms with E-state index in [9.17, 15) is 14.3 Å². The van der Waals surface area contributed by atoms with Crippen LogP contribution in [-0.2, 0) is 0 Å². The number of benzene rings is 1. The van der Waals surface area contributed by atoms with Crippen molar-refractivity contribution in [3.05, 3.63) is 23.5 Å². The van der Waals surface area contributed by atoms with E-state index in [4.69, 9.17) is 10.8 Å². The molecule has 1 atom stereocenters. The Kier molecular flexibility index (Phi) is 5.11. The summed E-state index contributed by atoms with van der Waals surface area (Å²) >= 11 is 0. The van der Waals surface area contributed by atoms with Gasteiger partial charge in [0.2, 0.25) is 0 Å². The molecule has 0 aliphatic rings. The predicted octanol–water partition coefficient (Wildman–Crippen LogP) is 1.92. The molecule has 0 bridgehead atoms. The Labute approximate surface area is 111 Å². The second-order valence-corrected chi connectivity index (χ2v) is 4.88. The number of nitrogen functional groups attached to an aromatic ring is 1. The number of hydrogen-bond acceptors (Lipinski definition) is 4. The molecule has 106 valence electrons. The summed E-state index contributed by atoms with van der Waals surface area (Å²) in [5.74, 6) is -1.86. The summed E-state index contributed by atoms with van der Waals surface area (Å²) in [6.45, 7) is 3.89. The minimum Gasteiger partial charge on any atom is -0.478 e. The number of hydrogen-bond donors (Lipinski definition) is 4. The van der Waals surface area contributed by atoms with Crippen LogP contribution >= 0.6 is 0 Å². The lowest BCUT2D eigenvalue weighted by atomic mass is 10.0. The van der Waals surface area contributed by atoms with E-state index in [0.29, 0.717) is 18.0 Å². The van der Waals surface area contributed by atoms with Gasteiger partial charge in [-0.15, -0.1) is 0 Å². The maximum Gasteiger partial charge on any atom is 0.338 e. The smallest absolute Gasteiger partial charge is 0.338 e. The van der Waals surface area contributed by atoms with E-state index >= 15 is 0 Å². The Morgan fingerprint density at radius 3 is 2.58 bits per heavy atom. The zero-order chi connectivity index (χ0) is 14.6. The summed E-state index contributed by atoms with van der Waals surface area (Å²) in [5, 5.41) is 20.9. The first kappa shape index (κ1) is 15.2. The molecule has 1 rings (SSSR count). The lowest BCUT2D eigenvalue weighted by Crippen LogP contribution is -2.26. The lowest BCUT2D eigenvalue weighted by molar-refractivity contribution is 0.0692. The first-order chi connectivity index (χ1) is 8.85. The van der Waals surface area contributed by atoms with Gasteiger partial charge in [0.05, 0.1) is 23.5 Å². The van der Waals surface area contributed by atoms with Gasteiger partial charge in [0.15, 0.2) is 0 Å². The zero-order valence-corrected chi connectivity index (χ0v) is 11.0. The van der Waals surface area contributed by atoms with E-state index in [1.165, 1.54) is 0 Å². The average Bonchev–Trinajstić information content (AvgIpc) is 2.31. The van der Waals surface area contributed by atoms with Crippen molar-refractivity contribution in [2.75, 3.05) is 17.7 Å². The largest absolute Gasteiger partial charge is 0.478 e. The third-order valence-electron chi connectivity index (χ3n) is 2.71. The van der Waals surface area contributed by atoms with Crippen molar-refractivity contribution >= 4 is 17.3 Å². The van der Waals surface area contributed by atoms with Gasteiger partial charge in [-0.25, -0.2) is 9.18 Å². The first-order valence-corrected chi connectivity index (χ1v) is 6.04. The van der Waals surface area contributed by atoms with E-state index in [1.807, 2.05) is 13.8 Å². The Hall–Kier alpha value is -1.82. The molecule has 0 heterocycles. The van der Waals surface area contributed by atoms with Crippen LogP contribution < -0.4 is 11.1 Å². The molecule has 19 heavy (non-hydrogen) atoms. The van der Waals surface area contributed by atoms with Gasteiger partial charge in [-0.05, 0) is 24.5 Å². The maximum absolute atomic E-state index is 13.6. The molecule has 0 amide bonds. The Bertz CT molecular complexity index is 463. The highest BCUT2D eigenvalue weighted by Gasteiger charge is 2.16. The average molecular weight is 270 g/mol. The molecule has 5 nitrogen and oxygen atoms in total. The molecular weight excluding hydrogens is 251 g/mol. The fourth-order valence-electron chi connectivity index (χ4n) is 1.85. The van der Waals surface area contributed by atoms with Crippen LogP contribution in [0.2, 0.25) is 0 Å². The topological polar surface area (TPSA) is 95.6 Å². The highest BCUT2D eigenvalue weighted by molar-refractivity contribution is 5.90. The molecule has 1 aromatic carbocycles. The van der Waals surface area contributed by atoms with Gasteiger partial charge in [0.1, 0.15) is 5.82 Å². The van der Waals surface area contributed by atoms with Gasteiger partial charge in [-0.3, -0.25) is 0 Å². The second kappa shape index (κ2) is 6.38. The van der Waals surface area contributed by atoms with Gasteiger partial charge < -0.3 is 21.3 Å². The van der Waals surface area contributed by atoms with Crippen LogP contribution in [0.4, 0.5) is 15.8 Å². The molecule has 0 spiro atoms. The van der Waals surface area contributed by atoms with E-state index in [2.05, 4.69) is 5.32 Å². The van der Waals surface area contributed by atoms with Crippen LogP contribution in [-0.4, -0.2) is 28.8 Å². The van der Waals surface area contributed by atoms with Crippen molar-refractivity contribution in [3.8, 4) is 0 Å². The van der Waals surface area contributed by atoms with Gasteiger partial charge in [0.25, 0.3) is 0 Å². The number of carbonyl (C=O) groups is 1. The molecule has 1 aromatic rings. The normalized spacial score (nSPS) is 12.5. The number of carboxylic acid groups (broad SMARTS) is 1. The highest BCUT2D eigenvalue weighted by atomic mass is 19.1. The predicted molar refractivity (Wildman–Crippen MR) is 71.7 cm³/mol. The summed E-state index contributed by atoms with van der Waals surface area (Å²) in [6.07, 6.45) is 0.693. The second-order valence-electron chi connectivity index (χ2n) is 4.88. The minimum absolute atomic E-state index is 0.111. The van der Waals surface area contributed by atoms with Crippen LogP contribution in [0.3, 0.4) is 0 Å². The number of aliphatic hydroxyl groups excluding tert-OH is 1. The van der Waals surface area contributed by atoms with E-state index in [0.717, 1.165) is 12.1 Å². The number of nitrogens with one attached hydrogen (secondary N) is 1. The van der Waals surface area contributed by atoms with Gasteiger partial charge in [-0.1, -0.05) is 13.8 Å². The van der Waals surface area contributed by atoms with Crippen LogP contribution in [0.5, 0.6) is 0 Å². The first-order valence-electron chi connectivity index (χ1n) is 6.04. The Morgan fingerprint density at radius 2 is 2.11 bits per heavy atom. The fraction of sp³-hybridized carbons (Fsp3) is 0.462. The summed E-state index contributed by atoms with van der Waals surface area (Å²) < 4.78 is 13.6. The van der Waals surface area contributed by atoms with Crippen molar-refractivity contribution < 1.29 is 19.4 Å². The maximum atomic E-state index is 13.6. The Morgan fingerprint density at radius 1 is 1.47 bits per heavy atom. The molecule has 5 N–H and O–H groups in total. The van der Waals surface area contributed by atoms with Gasteiger partial charge in [0, 0.05) is 6.04 Å². The third kappa shape index (κ3) is 4.10. The standard InChI is InChI=1S/C13H19FN2O3/c1-7(2)3-8(6-17)16-12-5-10(14)9(13(18)19)4-11(12)15/h4-5,7-8,16-17H,3,6,15H2,1-2H3,(H,18,19). The van der Waals surface area contributed by atoms with Crippen molar-refractivity contribution in [2.45, 2.75) is 26.3 Å². The van der Waals surface area contributed by atoms with E-state index in [1.54, 1.807) is 0 Å². The van der Waals surface area contributed by atoms with Crippen molar-refractivity contribution in [3.63, 3.8) is 0 Å². The molecule has 1 unspecified atom stereocenters. The number of halogens is 1. The third-order valence-corrected chi connectivity index (χ3v) is 2.71. The molecule has 0 saturated carbocycles. The van der Waals surface area contributed by atoms with Crippen molar-refractivity contribution in [1.82, 2.24) is 0 Å². The number of carboxylic acids is 1. The molecular formula is C13H19FN2O3. The number of anilines is 2. The summed E-state index contributed by atoms with van der Waals surface area (Å²) in [5.41, 5.74) is 5.66. The quantitative estimate of drug-likeness (QED) is 0.592. The number of aromatic carboxylic acids is 1. The summed E-state index contributed by atoms with van der Waals surface area (Å²) in [7, 11) is 0. The summed E-state index contributed by atoms with van der Waals surface area (Å²) in [4.78, 5) is 10.8. The van der Waals surface area contributed by atoms with Crippen LogP contribution in [0.15, 0.2) is 12.1 Å². The molecule has 0 aromatic heterocycles. The van der Waals surface area contributed by atoms with Gasteiger partial charge in [-0.2, -0.15) is 0 Å². The number of nitrogens with two attached hydrogens (primary N) is 1. The Balaban J connectivity index is 2.95. The molecule has 6 heteroatoms. The number of aliphatic hydroxyl groups is 1. The molecule has 0 radical (unpaired) electrons. The van der Waals surface area contributed by atoms with Crippen LogP contribution in [0.1, 0.15) is 30.6 Å². The molecule has 0 fully saturated rings. The molecule has 0 saturated heterocycles. The highest BCUT2D eigenvalue weighted by Crippen LogP contribution is 2.24. The molecule has 0 aliphatic carbocycles. The van der Waals surface area contributed by atoms with Crippen LogP contribution in [0, 0.1) is 11.7 Å².